The van der Waals surface area contributed by atoms with Gasteiger partial charge < -0.3 is 15.1 Å². The predicted octanol–water partition coefficient (Wildman–Crippen LogP) is 2.99. The minimum atomic E-state index is -1.34. The van der Waals surface area contributed by atoms with Crippen LogP contribution in [0.2, 0.25) is 0 Å². The summed E-state index contributed by atoms with van der Waals surface area (Å²) in [5.41, 5.74) is 1.49. The molecule has 5 rings (SSSR count). The van der Waals surface area contributed by atoms with Crippen LogP contribution in [0.1, 0.15) is 55.5 Å². The second-order valence-corrected chi connectivity index (χ2v) is 10.1. The number of likely N-dealkylation sites (tertiary alicyclic amines) is 1. The summed E-state index contributed by atoms with van der Waals surface area (Å²) < 4.78 is 30.8. The van der Waals surface area contributed by atoms with Crippen LogP contribution in [0.4, 0.5) is 14.6 Å². The SMILES string of the molecule is CC(C)c1ccc([C@@H](NC(=O)[C@@H]2C[C@@H](F)CN2C(=O)Cn2nncc2N2CCC2)c2ccccc2)nc1F. The average molecular weight is 524 g/mol. The number of anilines is 1. The van der Waals surface area contributed by atoms with Gasteiger partial charge in [0.05, 0.1) is 24.5 Å². The van der Waals surface area contributed by atoms with Crippen molar-refractivity contribution in [2.75, 3.05) is 24.5 Å². The minimum Gasteiger partial charge on any atom is -0.355 e. The number of aromatic nitrogens is 4. The Morgan fingerprint density at radius 1 is 1.13 bits per heavy atom. The van der Waals surface area contributed by atoms with E-state index in [-0.39, 0.29) is 25.4 Å². The fraction of sp³-hybridized carbons (Fsp3) is 0.444. The number of alkyl halides is 1. The molecule has 4 heterocycles. The Bertz CT molecular complexity index is 1300. The summed E-state index contributed by atoms with van der Waals surface area (Å²) in [5.74, 6) is -0.862. The van der Waals surface area contributed by atoms with Crippen molar-refractivity contribution >= 4 is 17.6 Å². The smallest absolute Gasteiger partial charge is 0.245 e. The molecule has 1 aromatic carbocycles. The maximum Gasteiger partial charge on any atom is 0.245 e. The Morgan fingerprint density at radius 3 is 2.55 bits per heavy atom. The molecule has 1 N–H and O–H groups in total. The van der Waals surface area contributed by atoms with Crippen LogP contribution in [0.3, 0.4) is 0 Å². The van der Waals surface area contributed by atoms with Gasteiger partial charge in [-0.3, -0.25) is 9.59 Å². The summed E-state index contributed by atoms with van der Waals surface area (Å²) >= 11 is 0. The summed E-state index contributed by atoms with van der Waals surface area (Å²) in [7, 11) is 0. The van der Waals surface area contributed by atoms with E-state index < -0.39 is 36.0 Å². The first-order chi connectivity index (χ1) is 18.3. The molecular weight excluding hydrogens is 492 g/mol. The quantitative estimate of drug-likeness (QED) is 0.456. The third-order valence-corrected chi connectivity index (χ3v) is 7.17. The molecule has 0 radical (unpaired) electrons. The van der Waals surface area contributed by atoms with E-state index in [4.69, 9.17) is 0 Å². The third kappa shape index (κ3) is 5.23. The first-order valence-electron chi connectivity index (χ1n) is 12.9. The Labute approximate surface area is 219 Å². The van der Waals surface area contributed by atoms with Gasteiger partial charge in [0.1, 0.15) is 24.6 Å². The van der Waals surface area contributed by atoms with Crippen molar-refractivity contribution in [3.63, 3.8) is 0 Å². The molecule has 0 spiro atoms. The van der Waals surface area contributed by atoms with Gasteiger partial charge in [0, 0.05) is 25.1 Å². The highest BCUT2D eigenvalue weighted by molar-refractivity contribution is 5.89. The number of halogens is 2. The first kappa shape index (κ1) is 25.7. The number of hydrogen-bond donors (Lipinski definition) is 1. The van der Waals surface area contributed by atoms with Crippen molar-refractivity contribution in [2.24, 2.45) is 0 Å². The molecule has 2 aromatic heterocycles. The number of nitrogens with zero attached hydrogens (tertiary/aromatic N) is 6. The number of benzene rings is 1. The Balaban J connectivity index is 1.36. The van der Waals surface area contributed by atoms with Crippen LogP contribution in [0.5, 0.6) is 0 Å². The van der Waals surface area contributed by atoms with Crippen molar-refractivity contribution in [2.45, 2.75) is 57.4 Å². The fourth-order valence-electron chi connectivity index (χ4n) is 4.95. The number of carbonyl (C=O) groups excluding carboxylic acids is 2. The van der Waals surface area contributed by atoms with Gasteiger partial charge in [-0.2, -0.15) is 4.39 Å². The van der Waals surface area contributed by atoms with Crippen LogP contribution in [0.25, 0.3) is 0 Å². The van der Waals surface area contributed by atoms with Crippen molar-refractivity contribution in [3.05, 3.63) is 71.4 Å². The van der Waals surface area contributed by atoms with Gasteiger partial charge in [-0.05, 0) is 24.0 Å². The fourth-order valence-corrected chi connectivity index (χ4v) is 4.95. The molecule has 2 saturated heterocycles. The number of rotatable bonds is 8. The van der Waals surface area contributed by atoms with Crippen LogP contribution >= 0.6 is 0 Å². The molecule has 0 bridgehead atoms. The van der Waals surface area contributed by atoms with Crippen LogP contribution in [-0.2, 0) is 16.1 Å². The highest BCUT2D eigenvalue weighted by atomic mass is 19.1. The molecule has 2 amide bonds. The van der Waals surface area contributed by atoms with Crippen LogP contribution in [0.15, 0.2) is 48.7 Å². The molecule has 0 unspecified atom stereocenters. The Hall–Kier alpha value is -3.89. The summed E-state index contributed by atoms with van der Waals surface area (Å²) in [4.78, 5) is 34.2. The molecule has 2 aliphatic heterocycles. The molecule has 9 nitrogen and oxygen atoms in total. The van der Waals surface area contributed by atoms with Crippen LogP contribution in [0, 0.1) is 5.95 Å². The lowest BCUT2D eigenvalue weighted by Gasteiger charge is -2.32. The Morgan fingerprint density at radius 2 is 1.89 bits per heavy atom. The number of hydrogen-bond acceptors (Lipinski definition) is 6. The maximum absolute atomic E-state index is 14.8. The monoisotopic (exact) mass is 523 g/mol. The lowest BCUT2D eigenvalue weighted by Crippen LogP contribution is -2.48. The molecule has 3 atom stereocenters. The van der Waals surface area contributed by atoms with Crippen LogP contribution in [-0.4, -0.2) is 68.5 Å². The van der Waals surface area contributed by atoms with Gasteiger partial charge in [0.2, 0.25) is 17.8 Å². The molecule has 2 aliphatic rings. The zero-order chi connectivity index (χ0) is 26.8. The molecule has 3 aromatic rings. The van der Waals surface area contributed by atoms with Gasteiger partial charge in [-0.1, -0.05) is 55.5 Å². The highest BCUT2D eigenvalue weighted by Crippen LogP contribution is 2.27. The molecule has 0 saturated carbocycles. The van der Waals surface area contributed by atoms with Gasteiger partial charge in [-0.25, -0.2) is 14.1 Å². The Kier molecular flexibility index (Phi) is 7.35. The number of nitrogens with one attached hydrogen (secondary N) is 1. The van der Waals surface area contributed by atoms with E-state index in [0.717, 1.165) is 25.3 Å². The molecule has 2 fully saturated rings. The molecule has 11 heteroatoms. The van der Waals surface area contributed by atoms with Crippen molar-refractivity contribution in [1.82, 2.24) is 30.2 Å². The van der Waals surface area contributed by atoms with E-state index in [1.807, 2.05) is 32.0 Å². The second-order valence-electron chi connectivity index (χ2n) is 10.1. The molecular formula is C27H31F2N7O2. The number of pyridine rings is 1. The number of amides is 2. The van der Waals surface area contributed by atoms with E-state index in [2.05, 4.69) is 25.5 Å². The highest BCUT2D eigenvalue weighted by Gasteiger charge is 2.41. The molecule has 38 heavy (non-hydrogen) atoms. The van der Waals surface area contributed by atoms with Crippen molar-refractivity contribution in [1.29, 1.82) is 0 Å². The third-order valence-electron chi connectivity index (χ3n) is 7.17. The van der Waals surface area contributed by atoms with Gasteiger partial charge in [0.15, 0.2) is 0 Å². The van der Waals surface area contributed by atoms with Gasteiger partial charge >= 0.3 is 0 Å². The normalized spacial score (nSPS) is 19.9. The van der Waals surface area contributed by atoms with E-state index in [1.165, 1.54) is 9.58 Å². The average Bonchev–Trinajstić information content (AvgIpc) is 3.48. The zero-order valence-corrected chi connectivity index (χ0v) is 21.4. The molecule has 200 valence electrons. The van der Waals surface area contributed by atoms with Crippen molar-refractivity contribution < 1.29 is 18.4 Å². The van der Waals surface area contributed by atoms with E-state index in [9.17, 15) is 18.4 Å². The van der Waals surface area contributed by atoms with E-state index >= 15 is 0 Å². The predicted molar refractivity (Wildman–Crippen MR) is 137 cm³/mol. The summed E-state index contributed by atoms with van der Waals surface area (Å²) in [5, 5.41) is 10.8. The zero-order valence-electron chi connectivity index (χ0n) is 21.4. The standard InChI is InChI=1S/C27H31F2N7O2/c1-17(2)20-9-10-21(31-26(20)29)25(18-7-4-3-5-8-18)32-27(38)22-13-19(28)15-35(22)24(37)16-36-23(14-30-33-36)34-11-6-12-34/h3-5,7-10,14,17,19,22,25H,6,11-13,15-16H2,1-2H3,(H,32,38)/t19-,22+,25+/m1/s1. The lowest BCUT2D eigenvalue weighted by molar-refractivity contribution is -0.139. The number of carbonyl (C=O) groups is 2. The maximum atomic E-state index is 14.8. The summed E-state index contributed by atoms with van der Waals surface area (Å²) in [6.45, 7) is 5.14. The molecule has 0 aliphatic carbocycles. The largest absolute Gasteiger partial charge is 0.355 e. The van der Waals surface area contributed by atoms with Gasteiger partial charge in [-0.15, -0.1) is 5.10 Å². The summed E-state index contributed by atoms with van der Waals surface area (Å²) in [6, 6.07) is 10.6. The summed E-state index contributed by atoms with van der Waals surface area (Å²) in [6.07, 6.45) is 1.19. The topological polar surface area (TPSA) is 96.2 Å². The first-order valence-corrected chi connectivity index (χ1v) is 12.9. The van der Waals surface area contributed by atoms with Crippen LogP contribution < -0.4 is 10.2 Å². The van der Waals surface area contributed by atoms with E-state index in [1.54, 1.807) is 30.5 Å². The van der Waals surface area contributed by atoms with E-state index in [0.29, 0.717) is 16.8 Å². The van der Waals surface area contributed by atoms with Crippen molar-refractivity contribution in [3.8, 4) is 0 Å². The minimum absolute atomic E-state index is 0.0487. The second kappa shape index (κ2) is 10.8. The lowest BCUT2D eigenvalue weighted by atomic mass is 9.99. The van der Waals surface area contributed by atoms with Gasteiger partial charge in [0.25, 0.3) is 0 Å².